The van der Waals surface area contributed by atoms with E-state index < -0.39 is 0 Å². The molecule has 0 amide bonds. The molecule has 5 heteroatoms. The number of nitrogens with one attached hydrogen (secondary N) is 1. The van der Waals surface area contributed by atoms with Crippen LogP contribution in [0.25, 0.3) is 11.1 Å². The lowest BCUT2D eigenvalue weighted by Crippen LogP contribution is -2.08. The molecule has 0 atom stereocenters. The molecule has 2 aromatic carbocycles. The van der Waals surface area contributed by atoms with Gasteiger partial charge >= 0.3 is 0 Å². The Balaban J connectivity index is 1.96. The minimum atomic E-state index is -0.222. The molecule has 3 rings (SSSR count). The largest absolute Gasteiger partial charge is 0.431 e. The van der Waals surface area contributed by atoms with Gasteiger partial charge in [0.05, 0.1) is 0 Å². The van der Waals surface area contributed by atoms with Gasteiger partial charge in [-0.1, -0.05) is 18.2 Å². The normalized spacial score (nSPS) is 11.1. The van der Waals surface area contributed by atoms with E-state index in [2.05, 4.69) is 10.3 Å². The highest BCUT2D eigenvalue weighted by molar-refractivity contribution is 7.99. The molecule has 0 aliphatic heterocycles. The first-order valence-electron chi connectivity index (χ1n) is 6.23. The summed E-state index contributed by atoms with van der Waals surface area (Å²) < 4.78 is 19.5. The quantitative estimate of drug-likeness (QED) is 0.791. The molecule has 102 valence electrons. The molecule has 0 unspecified atom stereocenters. The molecule has 0 aliphatic carbocycles. The number of nitrogens with zero attached hydrogens (tertiary/aromatic N) is 1. The third-order valence-corrected chi connectivity index (χ3v) is 3.85. The van der Waals surface area contributed by atoms with E-state index in [4.69, 9.17) is 4.42 Å². The Labute approximate surface area is 120 Å². The summed E-state index contributed by atoms with van der Waals surface area (Å²) in [5, 5.41) is 3.50. The van der Waals surface area contributed by atoms with Crippen LogP contribution >= 0.6 is 11.8 Å². The van der Waals surface area contributed by atoms with Crippen LogP contribution in [0, 0.1) is 5.82 Å². The van der Waals surface area contributed by atoms with Crippen molar-refractivity contribution in [3.05, 3.63) is 53.8 Å². The Morgan fingerprint density at radius 2 is 2.05 bits per heavy atom. The molecule has 0 saturated heterocycles. The predicted octanol–water partition coefficient (Wildman–Crippen LogP) is 3.84. The van der Waals surface area contributed by atoms with Gasteiger partial charge in [-0.05, 0) is 43.1 Å². The summed E-state index contributed by atoms with van der Waals surface area (Å²) >= 11 is 1.34. The second-order valence-electron chi connectivity index (χ2n) is 4.30. The fourth-order valence-corrected chi connectivity index (χ4v) is 2.87. The Hall–Kier alpha value is -1.85. The van der Waals surface area contributed by atoms with Gasteiger partial charge in [-0.25, -0.2) is 9.37 Å². The highest BCUT2D eigenvalue weighted by Gasteiger charge is 2.12. The fourth-order valence-electron chi connectivity index (χ4n) is 1.97. The molecule has 0 saturated carbocycles. The van der Waals surface area contributed by atoms with Crippen LogP contribution in [-0.2, 0) is 6.54 Å². The third kappa shape index (κ3) is 2.55. The summed E-state index contributed by atoms with van der Waals surface area (Å²) in [6.45, 7) is 0.467. The van der Waals surface area contributed by atoms with E-state index in [1.807, 2.05) is 30.3 Å². The summed E-state index contributed by atoms with van der Waals surface area (Å²) in [6, 6.07) is 12.6. The van der Waals surface area contributed by atoms with Gasteiger partial charge < -0.3 is 9.73 Å². The van der Waals surface area contributed by atoms with E-state index >= 15 is 0 Å². The first kappa shape index (κ1) is 13.1. The maximum atomic E-state index is 13.8. The van der Waals surface area contributed by atoms with Crippen molar-refractivity contribution in [1.29, 1.82) is 0 Å². The van der Waals surface area contributed by atoms with Crippen LogP contribution in [0.1, 0.15) is 5.56 Å². The van der Waals surface area contributed by atoms with Crippen molar-refractivity contribution in [3.8, 4) is 0 Å². The Morgan fingerprint density at radius 3 is 2.85 bits per heavy atom. The number of fused-ring (bicyclic) bond motifs is 1. The Kier molecular flexibility index (Phi) is 3.71. The van der Waals surface area contributed by atoms with E-state index in [9.17, 15) is 4.39 Å². The van der Waals surface area contributed by atoms with Crippen molar-refractivity contribution in [3.63, 3.8) is 0 Å². The van der Waals surface area contributed by atoms with Crippen LogP contribution in [0.2, 0.25) is 0 Å². The zero-order valence-corrected chi connectivity index (χ0v) is 11.7. The molecule has 1 aromatic heterocycles. The van der Waals surface area contributed by atoms with Gasteiger partial charge in [-0.15, -0.1) is 0 Å². The molecule has 0 fully saturated rings. The molecule has 1 heterocycles. The predicted molar refractivity (Wildman–Crippen MR) is 77.3 cm³/mol. The van der Waals surface area contributed by atoms with E-state index in [0.717, 1.165) is 16.0 Å². The van der Waals surface area contributed by atoms with E-state index in [0.29, 0.717) is 17.3 Å². The molecule has 0 bridgehead atoms. The van der Waals surface area contributed by atoms with E-state index in [1.165, 1.54) is 17.8 Å². The first-order chi connectivity index (χ1) is 9.78. The highest BCUT2D eigenvalue weighted by Crippen LogP contribution is 2.33. The summed E-state index contributed by atoms with van der Waals surface area (Å²) in [5.74, 6) is -0.222. The van der Waals surface area contributed by atoms with Gasteiger partial charge in [0.1, 0.15) is 11.3 Å². The lowest BCUT2D eigenvalue weighted by molar-refractivity contribution is 0.489. The average molecular weight is 288 g/mol. The van der Waals surface area contributed by atoms with Gasteiger partial charge in [-0.2, -0.15) is 0 Å². The number of aromatic nitrogens is 1. The molecule has 0 aliphatic rings. The van der Waals surface area contributed by atoms with Crippen LogP contribution in [-0.4, -0.2) is 12.0 Å². The minimum Gasteiger partial charge on any atom is -0.431 e. The van der Waals surface area contributed by atoms with Crippen LogP contribution in [0.3, 0.4) is 0 Å². The van der Waals surface area contributed by atoms with Crippen LogP contribution in [0.15, 0.2) is 57.0 Å². The lowest BCUT2D eigenvalue weighted by Gasteiger charge is -2.07. The Bertz CT molecular complexity index is 709. The second-order valence-corrected chi connectivity index (χ2v) is 5.29. The summed E-state index contributed by atoms with van der Waals surface area (Å²) in [7, 11) is 1.79. The number of hydrogen-bond donors (Lipinski definition) is 1. The molecule has 20 heavy (non-hydrogen) atoms. The fraction of sp³-hybridized carbons (Fsp3) is 0.133. The summed E-state index contributed by atoms with van der Waals surface area (Å²) in [5.41, 5.74) is 2.17. The zero-order chi connectivity index (χ0) is 13.9. The van der Waals surface area contributed by atoms with Crippen molar-refractivity contribution in [1.82, 2.24) is 10.3 Å². The monoisotopic (exact) mass is 288 g/mol. The highest BCUT2D eigenvalue weighted by atomic mass is 32.2. The Morgan fingerprint density at radius 1 is 1.20 bits per heavy atom. The first-order valence-corrected chi connectivity index (χ1v) is 7.05. The molecular formula is C15H13FN2OS. The zero-order valence-electron chi connectivity index (χ0n) is 10.9. The molecule has 1 N–H and O–H groups in total. The van der Waals surface area contributed by atoms with Crippen LogP contribution < -0.4 is 5.32 Å². The summed E-state index contributed by atoms with van der Waals surface area (Å²) in [6.07, 6.45) is 0. The van der Waals surface area contributed by atoms with Gasteiger partial charge in [-0.3, -0.25) is 0 Å². The molecule has 3 nitrogen and oxygen atoms in total. The van der Waals surface area contributed by atoms with E-state index in [1.54, 1.807) is 13.1 Å². The summed E-state index contributed by atoms with van der Waals surface area (Å²) in [4.78, 5) is 5.20. The van der Waals surface area contributed by atoms with Crippen molar-refractivity contribution in [2.24, 2.45) is 0 Å². The molecular weight excluding hydrogens is 275 g/mol. The maximum Gasteiger partial charge on any atom is 0.261 e. The molecule has 0 radical (unpaired) electrons. The van der Waals surface area contributed by atoms with Crippen molar-refractivity contribution in [2.75, 3.05) is 7.05 Å². The standard InChI is InChI=1S/C15H13FN2OS/c1-17-9-10-11(16)5-4-8-14(10)20-15-18-12-6-2-3-7-13(12)19-15/h2-8,17H,9H2,1H3. The van der Waals surface area contributed by atoms with Gasteiger partial charge in [0.15, 0.2) is 5.58 Å². The number of rotatable bonds is 4. The second kappa shape index (κ2) is 5.64. The smallest absolute Gasteiger partial charge is 0.261 e. The van der Waals surface area contributed by atoms with Gasteiger partial charge in [0, 0.05) is 17.0 Å². The van der Waals surface area contributed by atoms with Crippen molar-refractivity contribution < 1.29 is 8.81 Å². The molecule has 0 spiro atoms. The van der Waals surface area contributed by atoms with Gasteiger partial charge in [0.25, 0.3) is 5.22 Å². The molecule has 3 aromatic rings. The number of para-hydroxylation sites is 2. The van der Waals surface area contributed by atoms with Gasteiger partial charge in [0.2, 0.25) is 0 Å². The van der Waals surface area contributed by atoms with Crippen molar-refractivity contribution >= 4 is 22.9 Å². The maximum absolute atomic E-state index is 13.8. The third-order valence-electron chi connectivity index (χ3n) is 2.90. The van der Waals surface area contributed by atoms with Crippen LogP contribution in [0.5, 0.6) is 0 Å². The SMILES string of the molecule is CNCc1c(F)cccc1Sc1nc2ccccc2o1. The number of halogens is 1. The van der Waals surface area contributed by atoms with Crippen molar-refractivity contribution in [2.45, 2.75) is 16.7 Å². The minimum absolute atomic E-state index is 0.222. The number of hydrogen-bond acceptors (Lipinski definition) is 4. The number of oxazole rings is 1. The van der Waals surface area contributed by atoms with E-state index in [-0.39, 0.29) is 5.82 Å². The average Bonchev–Trinajstić information content (AvgIpc) is 2.85. The van der Waals surface area contributed by atoms with Crippen LogP contribution in [0.4, 0.5) is 4.39 Å². The lowest BCUT2D eigenvalue weighted by atomic mass is 10.2. The topological polar surface area (TPSA) is 38.1 Å². The number of benzene rings is 2.